The fraction of sp³-hybridized carbons (Fsp3) is 0.0833. The molecule has 2 heterocycles. The molecule has 0 bridgehead atoms. The summed E-state index contributed by atoms with van der Waals surface area (Å²) in [6.45, 7) is 0.371. The van der Waals surface area contributed by atoms with Crippen molar-refractivity contribution in [3.8, 4) is 17.2 Å². The Morgan fingerprint density at radius 2 is 1.70 bits per heavy atom. The Morgan fingerprint density at radius 3 is 2.50 bits per heavy atom. The van der Waals surface area contributed by atoms with Gasteiger partial charge in [0.1, 0.15) is 0 Å². The zero-order valence-corrected chi connectivity index (χ0v) is 16.8. The van der Waals surface area contributed by atoms with Crippen molar-refractivity contribution in [3.05, 3.63) is 90.3 Å². The van der Waals surface area contributed by atoms with Crippen LogP contribution in [0.25, 0.3) is 21.9 Å². The van der Waals surface area contributed by atoms with E-state index in [1.54, 1.807) is 36.7 Å². The molecule has 0 aliphatic carbocycles. The summed E-state index contributed by atoms with van der Waals surface area (Å²) in [5, 5.41) is 10.6. The van der Waals surface area contributed by atoms with E-state index in [2.05, 4.69) is 11.1 Å². The minimum Gasteiger partial charge on any atom is -0.264 e. The smallest absolute Gasteiger partial charge is 0.264 e. The molecule has 5 rings (SSSR count). The first kappa shape index (κ1) is 18.3. The molecule has 0 radical (unpaired) electrons. The zero-order valence-electron chi connectivity index (χ0n) is 16.0. The molecule has 4 aromatic rings. The van der Waals surface area contributed by atoms with Gasteiger partial charge in [0.15, 0.2) is 0 Å². The van der Waals surface area contributed by atoms with Crippen molar-refractivity contribution in [2.45, 2.75) is 11.3 Å². The third-order valence-electron chi connectivity index (χ3n) is 5.51. The van der Waals surface area contributed by atoms with Crippen LogP contribution in [-0.4, -0.2) is 19.9 Å². The van der Waals surface area contributed by atoms with E-state index >= 15 is 0 Å². The van der Waals surface area contributed by atoms with Crippen LogP contribution in [0.2, 0.25) is 0 Å². The van der Waals surface area contributed by atoms with Crippen molar-refractivity contribution in [2.75, 3.05) is 10.8 Å². The van der Waals surface area contributed by atoms with Gasteiger partial charge < -0.3 is 0 Å². The van der Waals surface area contributed by atoms with Crippen LogP contribution in [0.1, 0.15) is 11.1 Å². The molecule has 0 saturated heterocycles. The number of aromatic nitrogens is 1. The summed E-state index contributed by atoms with van der Waals surface area (Å²) < 4.78 is 28.7. The van der Waals surface area contributed by atoms with Gasteiger partial charge in [-0.15, -0.1) is 0 Å². The second-order valence-corrected chi connectivity index (χ2v) is 9.01. The fourth-order valence-corrected chi connectivity index (χ4v) is 5.75. The van der Waals surface area contributed by atoms with Crippen LogP contribution in [0, 0.1) is 11.3 Å². The maximum Gasteiger partial charge on any atom is 0.265 e. The van der Waals surface area contributed by atoms with Crippen molar-refractivity contribution < 1.29 is 8.42 Å². The highest BCUT2D eigenvalue weighted by molar-refractivity contribution is 7.93. The molecule has 30 heavy (non-hydrogen) atoms. The average molecular weight is 411 g/mol. The SMILES string of the molecule is N#Cc1ccc(-c2cncc3c2CCN3S(=O)(=O)c2cccc3ccccc23)cc1. The van der Waals surface area contributed by atoms with Crippen LogP contribution in [0.15, 0.2) is 84.0 Å². The van der Waals surface area contributed by atoms with E-state index in [-0.39, 0.29) is 0 Å². The zero-order chi connectivity index (χ0) is 20.7. The molecular weight excluding hydrogens is 394 g/mol. The molecule has 1 aromatic heterocycles. The van der Waals surface area contributed by atoms with Crippen LogP contribution in [0.3, 0.4) is 0 Å². The monoisotopic (exact) mass is 411 g/mol. The topological polar surface area (TPSA) is 74.1 Å². The predicted octanol–water partition coefficient (Wildman–Crippen LogP) is 4.52. The first-order valence-corrected chi connectivity index (χ1v) is 11.0. The normalized spacial score (nSPS) is 13.2. The van der Waals surface area contributed by atoms with E-state index in [4.69, 9.17) is 5.26 Å². The Balaban J connectivity index is 1.62. The summed E-state index contributed by atoms with van der Waals surface area (Å²) >= 11 is 0. The molecule has 0 fully saturated rings. The minimum atomic E-state index is -3.74. The number of sulfonamides is 1. The molecule has 5 nitrogen and oxygen atoms in total. The number of hydrogen-bond acceptors (Lipinski definition) is 4. The van der Waals surface area contributed by atoms with E-state index in [0.717, 1.165) is 22.1 Å². The number of benzene rings is 3. The van der Waals surface area contributed by atoms with E-state index in [0.29, 0.717) is 34.5 Å². The van der Waals surface area contributed by atoms with Crippen LogP contribution in [0.5, 0.6) is 0 Å². The molecule has 3 aromatic carbocycles. The van der Waals surface area contributed by atoms with Crippen LogP contribution < -0.4 is 4.31 Å². The maximum absolute atomic E-state index is 13.6. The van der Waals surface area contributed by atoms with E-state index in [9.17, 15) is 8.42 Å². The summed E-state index contributed by atoms with van der Waals surface area (Å²) in [6.07, 6.45) is 3.99. The standard InChI is InChI=1S/C24H17N3O2S/c25-14-17-8-10-19(11-9-17)22-15-26-16-23-21(22)12-13-27(23)30(28,29)24-7-3-5-18-4-1-2-6-20(18)24/h1-11,15-16H,12-13H2. The lowest BCUT2D eigenvalue weighted by atomic mass is 9.99. The lowest BCUT2D eigenvalue weighted by Gasteiger charge is -2.20. The summed E-state index contributed by atoms with van der Waals surface area (Å²) in [5.74, 6) is 0. The van der Waals surface area contributed by atoms with Gasteiger partial charge in [-0.1, -0.05) is 48.5 Å². The van der Waals surface area contributed by atoms with Crippen molar-refractivity contribution >= 4 is 26.5 Å². The Hall–Kier alpha value is -3.69. The molecule has 0 saturated carbocycles. The van der Waals surface area contributed by atoms with Crippen LogP contribution >= 0.6 is 0 Å². The first-order valence-electron chi connectivity index (χ1n) is 9.57. The molecule has 0 N–H and O–H groups in total. The maximum atomic E-state index is 13.6. The largest absolute Gasteiger partial charge is 0.265 e. The third-order valence-corrected chi connectivity index (χ3v) is 7.38. The number of nitriles is 1. The van der Waals surface area contributed by atoms with Crippen molar-refractivity contribution in [1.82, 2.24) is 4.98 Å². The highest BCUT2D eigenvalue weighted by Crippen LogP contribution is 2.39. The third kappa shape index (κ3) is 2.83. The van der Waals surface area contributed by atoms with E-state index in [1.165, 1.54) is 4.31 Å². The second-order valence-electron chi connectivity index (χ2n) is 7.18. The number of fused-ring (bicyclic) bond motifs is 2. The lowest BCUT2D eigenvalue weighted by molar-refractivity contribution is 0.593. The van der Waals surface area contributed by atoms with Crippen LogP contribution in [0.4, 0.5) is 5.69 Å². The van der Waals surface area contributed by atoms with Gasteiger partial charge in [0.25, 0.3) is 10.0 Å². The Labute approximate surface area is 174 Å². The van der Waals surface area contributed by atoms with Crippen LogP contribution in [-0.2, 0) is 16.4 Å². The van der Waals surface area contributed by atoms with Crippen molar-refractivity contribution in [2.24, 2.45) is 0 Å². The van der Waals surface area contributed by atoms with Gasteiger partial charge in [0, 0.05) is 23.7 Å². The Morgan fingerprint density at radius 1 is 0.933 bits per heavy atom. The quantitative estimate of drug-likeness (QED) is 0.497. The highest BCUT2D eigenvalue weighted by Gasteiger charge is 2.33. The van der Waals surface area contributed by atoms with Crippen molar-refractivity contribution in [1.29, 1.82) is 5.26 Å². The number of nitrogens with zero attached hydrogens (tertiary/aromatic N) is 3. The Bertz CT molecular complexity index is 1420. The molecular formula is C24H17N3O2S. The van der Waals surface area contributed by atoms with Gasteiger partial charge in [0.05, 0.1) is 28.4 Å². The summed E-state index contributed by atoms with van der Waals surface area (Å²) in [6, 6.07) is 22.2. The van der Waals surface area contributed by atoms with E-state index < -0.39 is 10.0 Å². The first-order chi connectivity index (χ1) is 14.6. The van der Waals surface area contributed by atoms with Gasteiger partial charge in [0.2, 0.25) is 0 Å². The fourth-order valence-electron chi connectivity index (χ4n) is 4.05. The Kier molecular flexibility index (Phi) is 4.27. The van der Waals surface area contributed by atoms with Gasteiger partial charge in [-0.2, -0.15) is 5.26 Å². The molecule has 146 valence electrons. The van der Waals surface area contributed by atoms with Gasteiger partial charge in [-0.3, -0.25) is 9.29 Å². The second kappa shape index (κ2) is 6.97. The minimum absolute atomic E-state index is 0.303. The molecule has 0 amide bonds. The van der Waals surface area contributed by atoms with Gasteiger partial charge >= 0.3 is 0 Å². The average Bonchev–Trinajstić information content (AvgIpc) is 3.24. The summed E-state index contributed by atoms with van der Waals surface area (Å²) in [4.78, 5) is 4.63. The van der Waals surface area contributed by atoms with E-state index in [1.807, 2.05) is 42.5 Å². The summed E-state index contributed by atoms with van der Waals surface area (Å²) in [5.41, 5.74) is 3.97. The highest BCUT2D eigenvalue weighted by atomic mass is 32.2. The number of hydrogen-bond donors (Lipinski definition) is 0. The van der Waals surface area contributed by atoms with Gasteiger partial charge in [-0.25, -0.2) is 8.42 Å². The summed E-state index contributed by atoms with van der Waals surface area (Å²) in [7, 11) is -3.74. The molecule has 1 aliphatic rings. The molecule has 0 unspecified atom stereocenters. The number of pyridine rings is 1. The van der Waals surface area contributed by atoms with Gasteiger partial charge in [-0.05, 0) is 41.1 Å². The van der Waals surface area contributed by atoms with Crippen molar-refractivity contribution in [3.63, 3.8) is 0 Å². The molecule has 0 atom stereocenters. The molecule has 0 spiro atoms. The molecule has 1 aliphatic heterocycles. The predicted molar refractivity (Wildman–Crippen MR) is 117 cm³/mol. The number of rotatable bonds is 3. The number of anilines is 1. The molecule has 6 heteroatoms. The lowest BCUT2D eigenvalue weighted by Crippen LogP contribution is -2.29.